The van der Waals surface area contributed by atoms with E-state index in [1.54, 1.807) is 0 Å². The summed E-state index contributed by atoms with van der Waals surface area (Å²) in [6.45, 7) is 8.20. The Morgan fingerprint density at radius 2 is 1.67 bits per heavy atom. The second-order valence-electron chi connectivity index (χ2n) is 5.98. The molecule has 0 spiro atoms. The van der Waals surface area contributed by atoms with E-state index in [0.717, 1.165) is 32.5 Å². The van der Waals surface area contributed by atoms with Crippen LogP contribution in [-0.2, 0) is 17.9 Å². The Bertz CT molecular complexity index is 431. The Morgan fingerprint density at radius 1 is 1.10 bits per heavy atom. The van der Waals surface area contributed by atoms with E-state index in [-0.39, 0.29) is 11.8 Å². The van der Waals surface area contributed by atoms with Crippen molar-refractivity contribution < 1.29 is 4.79 Å². The fraction of sp³-hybridized carbons (Fsp3) is 0.611. The maximum Gasteiger partial charge on any atom is 0.223 e. The molecule has 1 fully saturated rings. The minimum absolute atomic E-state index is 0.236. The van der Waals surface area contributed by atoms with Gasteiger partial charge in [-0.05, 0) is 37.1 Å². The number of hydrogen-bond acceptors (Lipinski definition) is 2. The molecule has 1 N–H and O–H groups in total. The van der Waals surface area contributed by atoms with E-state index in [1.807, 2.05) is 0 Å². The molecule has 0 aromatic heterocycles. The quantitative estimate of drug-likeness (QED) is 0.834. The zero-order valence-corrected chi connectivity index (χ0v) is 13.4. The standard InChI is InChI=1S/C18H28N2O/c1-3-20(4-2)14-16-11-9-15(10-12-16)13-19-18(21)17-7-5-6-8-17/h9-12,17H,3-8,13-14H2,1-2H3,(H,19,21). The minimum atomic E-state index is 0.236. The first-order chi connectivity index (χ1) is 10.2. The number of carbonyl (C=O) groups excluding carboxylic acids is 1. The molecule has 21 heavy (non-hydrogen) atoms. The Morgan fingerprint density at radius 3 is 2.24 bits per heavy atom. The van der Waals surface area contributed by atoms with Gasteiger partial charge in [0.05, 0.1) is 0 Å². The van der Waals surface area contributed by atoms with Gasteiger partial charge in [0, 0.05) is 19.0 Å². The number of nitrogens with zero attached hydrogens (tertiary/aromatic N) is 1. The van der Waals surface area contributed by atoms with Crippen molar-refractivity contribution >= 4 is 5.91 Å². The van der Waals surface area contributed by atoms with Crippen molar-refractivity contribution in [2.75, 3.05) is 13.1 Å². The van der Waals surface area contributed by atoms with Gasteiger partial charge in [-0.2, -0.15) is 0 Å². The second kappa shape index (κ2) is 8.18. The van der Waals surface area contributed by atoms with E-state index in [1.165, 1.54) is 24.0 Å². The van der Waals surface area contributed by atoms with Crippen LogP contribution < -0.4 is 5.32 Å². The van der Waals surface area contributed by atoms with E-state index >= 15 is 0 Å². The molecule has 0 saturated heterocycles. The van der Waals surface area contributed by atoms with Crippen LogP contribution in [0.3, 0.4) is 0 Å². The Kier molecular flexibility index (Phi) is 6.24. The monoisotopic (exact) mass is 288 g/mol. The molecule has 1 aromatic carbocycles. The van der Waals surface area contributed by atoms with Crippen LogP contribution in [0.5, 0.6) is 0 Å². The van der Waals surface area contributed by atoms with Crippen LogP contribution in [0.1, 0.15) is 50.7 Å². The molecule has 0 atom stereocenters. The number of rotatable bonds is 7. The molecule has 2 rings (SSSR count). The summed E-state index contributed by atoms with van der Waals surface area (Å²) in [6.07, 6.45) is 4.54. The van der Waals surface area contributed by atoms with Crippen molar-refractivity contribution in [1.82, 2.24) is 10.2 Å². The third-order valence-electron chi connectivity index (χ3n) is 4.52. The van der Waals surface area contributed by atoms with Crippen LogP contribution in [-0.4, -0.2) is 23.9 Å². The molecule has 3 nitrogen and oxygen atoms in total. The summed E-state index contributed by atoms with van der Waals surface area (Å²) in [5.41, 5.74) is 2.52. The van der Waals surface area contributed by atoms with E-state index in [0.29, 0.717) is 6.54 Å². The summed E-state index contributed by atoms with van der Waals surface area (Å²) in [6, 6.07) is 8.62. The van der Waals surface area contributed by atoms with Crippen molar-refractivity contribution in [1.29, 1.82) is 0 Å². The zero-order chi connectivity index (χ0) is 15.1. The average molecular weight is 288 g/mol. The summed E-state index contributed by atoms with van der Waals surface area (Å²) in [5, 5.41) is 3.07. The third kappa shape index (κ3) is 4.85. The number of nitrogens with one attached hydrogen (secondary N) is 1. The summed E-state index contributed by atoms with van der Waals surface area (Å²) < 4.78 is 0. The largest absolute Gasteiger partial charge is 0.352 e. The second-order valence-corrected chi connectivity index (χ2v) is 5.98. The fourth-order valence-corrected chi connectivity index (χ4v) is 2.99. The van der Waals surface area contributed by atoms with Crippen LogP contribution in [0, 0.1) is 5.92 Å². The predicted molar refractivity (Wildman–Crippen MR) is 86.9 cm³/mol. The molecular formula is C18H28N2O. The number of hydrogen-bond donors (Lipinski definition) is 1. The number of carbonyl (C=O) groups is 1. The first kappa shape index (κ1) is 16.0. The lowest BCUT2D eigenvalue weighted by atomic mass is 10.1. The van der Waals surface area contributed by atoms with Crippen molar-refractivity contribution in [3.63, 3.8) is 0 Å². The molecule has 0 radical (unpaired) electrons. The average Bonchev–Trinajstić information content (AvgIpc) is 3.06. The van der Waals surface area contributed by atoms with Crippen LogP contribution >= 0.6 is 0 Å². The van der Waals surface area contributed by atoms with Crippen LogP contribution in [0.2, 0.25) is 0 Å². The maximum atomic E-state index is 12.0. The number of amides is 1. The molecule has 1 saturated carbocycles. The van der Waals surface area contributed by atoms with Crippen molar-refractivity contribution in [3.05, 3.63) is 35.4 Å². The maximum absolute atomic E-state index is 12.0. The zero-order valence-electron chi connectivity index (χ0n) is 13.4. The van der Waals surface area contributed by atoms with Crippen molar-refractivity contribution in [3.8, 4) is 0 Å². The first-order valence-corrected chi connectivity index (χ1v) is 8.30. The van der Waals surface area contributed by atoms with Crippen LogP contribution in [0.4, 0.5) is 0 Å². The summed E-state index contributed by atoms with van der Waals surface area (Å²) in [7, 11) is 0. The van der Waals surface area contributed by atoms with Gasteiger partial charge in [0.25, 0.3) is 0 Å². The fourth-order valence-electron chi connectivity index (χ4n) is 2.99. The van der Waals surface area contributed by atoms with Crippen molar-refractivity contribution in [2.45, 2.75) is 52.6 Å². The molecule has 3 heteroatoms. The van der Waals surface area contributed by atoms with Gasteiger partial charge >= 0.3 is 0 Å². The smallest absolute Gasteiger partial charge is 0.223 e. The summed E-state index contributed by atoms with van der Waals surface area (Å²) in [5.74, 6) is 0.492. The van der Waals surface area contributed by atoms with Gasteiger partial charge in [-0.15, -0.1) is 0 Å². The van der Waals surface area contributed by atoms with E-state index < -0.39 is 0 Å². The molecule has 0 heterocycles. The highest BCUT2D eigenvalue weighted by atomic mass is 16.1. The van der Waals surface area contributed by atoms with Gasteiger partial charge in [0.1, 0.15) is 0 Å². The van der Waals surface area contributed by atoms with Crippen LogP contribution in [0.15, 0.2) is 24.3 Å². The highest BCUT2D eigenvalue weighted by Gasteiger charge is 2.21. The van der Waals surface area contributed by atoms with E-state index in [2.05, 4.69) is 48.3 Å². The Labute approximate surface area is 128 Å². The molecule has 0 aliphatic heterocycles. The Hall–Kier alpha value is -1.35. The molecule has 0 bridgehead atoms. The van der Waals surface area contributed by atoms with Gasteiger partial charge in [-0.3, -0.25) is 9.69 Å². The van der Waals surface area contributed by atoms with E-state index in [9.17, 15) is 4.79 Å². The SMILES string of the molecule is CCN(CC)Cc1ccc(CNC(=O)C2CCCC2)cc1. The van der Waals surface area contributed by atoms with E-state index in [4.69, 9.17) is 0 Å². The van der Waals surface area contributed by atoms with Gasteiger partial charge in [-0.25, -0.2) is 0 Å². The van der Waals surface area contributed by atoms with Gasteiger partial charge in [-0.1, -0.05) is 51.0 Å². The Balaban J connectivity index is 1.80. The molecule has 116 valence electrons. The van der Waals surface area contributed by atoms with Crippen molar-refractivity contribution in [2.24, 2.45) is 5.92 Å². The molecule has 1 aliphatic carbocycles. The summed E-state index contributed by atoms with van der Waals surface area (Å²) in [4.78, 5) is 14.4. The molecule has 1 amide bonds. The van der Waals surface area contributed by atoms with Gasteiger partial charge < -0.3 is 5.32 Å². The molecule has 1 aromatic rings. The third-order valence-corrected chi connectivity index (χ3v) is 4.52. The lowest BCUT2D eigenvalue weighted by Gasteiger charge is -2.18. The normalized spacial score (nSPS) is 15.6. The number of benzene rings is 1. The summed E-state index contributed by atoms with van der Waals surface area (Å²) >= 11 is 0. The van der Waals surface area contributed by atoms with Gasteiger partial charge in [0.15, 0.2) is 0 Å². The lowest BCUT2D eigenvalue weighted by Crippen LogP contribution is -2.28. The highest BCUT2D eigenvalue weighted by molar-refractivity contribution is 5.78. The lowest BCUT2D eigenvalue weighted by molar-refractivity contribution is -0.124. The van der Waals surface area contributed by atoms with Gasteiger partial charge in [0.2, 0.25) is 5.91 Å². The topological polar surface area (TPSA) is 32.3 Å². The molecular weight excluding hydrogens is 260 g/mol. The highest BCUT2D eigenvalue weighted by Crippen LogP contribution is 2.24. The van der Waals surface area contributed by atoms with Crippen LogP contribution in [0.25, 0.3) is 0 Å². The molecule has 1 aliphatic rings. The molecule has 0 unspecified atom stereocenters. The minimum Gasteiger partial charge on any atom is -0.352 e. The first-order valence-electron chi connectivity index (χ1n) is 8.30. The predicted octanol–water partition coefficient (Wildman–Crippen LogP) is 3.33.